The molecule has 1 heterocycles. The van der Waals surface area contributed by atoms with Gasteiger partial charge in [-0.2, -0.15) is 13.2 Å². The smallest absolute Gasteiger partial charge is 0.419 e. The van der Waals surface area contributed by atoms with Crippen LogP contribution >= 0.6 is 0 Å². The molecule has 0 bridgehead atoms. The van der Waals surface area contributed by atoms with Crippen molar-refractivity contribution in [2.75, 3.05) is 7.11 Å². The normalized spacial score (nSPS) is 11.7. The summed E-state index contributed by atoms with van der Waals surface area (Å²) in [7, 11) is 1.38. The molecule has 0 atom stereocenters. The van der Waals surface area contributed by atoms with Crippen molar-refractivity contribution in [3.63, 3.8) is 0 Å². The molecule has 0 amide bonds. The van der Waals surface area contributed by atoms with Gasteiger partial charge in [0, 0.05) is 12.3 Å². The van der Waals surface area contributed by atoms with E-state index in [0.29, 0.717) is 11.3 Å². The molecule has 0 fully saturated rings. The largest absolute Gasteiger partial charge is 0.497 e. The number of aromatic nitrogens is 1. The number of alkyl halides is 3. The molecule has 24 heavy (non-hydrogen) atoms. The van der Waals surface area contributed by atoms with Gasteiger partial charge in [0.05, 0.1) is 23.9 Å². The summed E-state index contributed by atoms with van der Waals surface area (Å²) in [6.07, 6.45) is -4.61. The molecule has 6 heteroatoms. The molecule has 124 valence electrons. The predicted octanol–water partition coefficient (Wildman–Crippen LogP) is 5.00. The topological polar surface area (TPSA) is 31.2 Å². The first kappa shape index (κ1) is 16.1. The Morgan fingerprint density at radius 2 is 1.75 bits per heavy atom. The van der Waals surface area contributed by atoms with E-state index in [1.807, 2.05) is 0 Å². The van der Waals surface area contributed by atoms with Crippen molar-refractivity contribution in [2.45, 2.75) is 13.1 Å². The molecule has 0 radical (unpaired) electrons. The van der Waals surface area contributed by atoms with E-state index in [0.717, 1.165) is 4.57 Å². The molecule has 0 aliphatic rings. The van der Waals surface area contributed by atoms with Gasteiger partial charge in [-0.3, -0.25) is 9.36 Å². The third-order valence-corrected chi connectivity index (χ3v) is 3.82. The molecule has 0 unspecified atom stereocenters. The molecule has 0 spiro atoms. The maximum absolute atomic E-state index is 13.8. The van der Waals surface area contributed by atoms with Crippen LogP contribution in [-0.4, -0.2) is 17.6 Å². The van der Waals surface area contributed by atoms with Gasteiger partial charge in [-0.05, 0) is 23.8 Å². The Morgan fingerprint density at radius 3 is 2.29 bits per heavy atom. The van der Waals surface area contributed by atoms with Gasteiger partial charge in [-0.25, -0.2) is 0 Å². The minimum atomic E-state index is -4.61. The van der Waals surface area contributed by atoms with Crippen molar-refractivity contribution in [1.82, 2.24) is 4.57 Å². The summed E-state index contributed by atoms with van der Waals surface area (Å²) in [5.74, 6) is -0.187. The Morgan fingerprint density at radius 1 is 1.08 bits per heavy atom. The highest BCUT2D eigenvalue weighted by Crippen LogP contribution is 2.44. The number of halogens is 3. The third kappa shape index (κ3) is 2.54. The number of fused-ring (bicyclic) bond motifs is 1. The van der Waals surface area contributed by atoms with E-state index in [2.05, 4.69) is 0 Å². The van der Waals surface area contributed by atoms with Gasteiger partial charge in [0.2, 0.25) is 5.91 Å². The number of rotatable bonds is 2. The lowest BCUT2D eigenvalue weighted by molar-refractivity contribution is -0.135. The highest BCUT2D eigenvalue weighted by atomic mass is 19.4. The lowest BCUT2D eigenvalue weighted by Crippen LogP contribution is -2.11. The zero-order chi connectivity index (χ0) is 17.5. The summed E-state index contributed by atoms with van der Waals surface area (Å²) in [4.78, 5) is 12.1. The quantitative estimate of drug-likeness (QED) is 0.661. The predicted molar refractivity (Wildman–Crippen MR) is 85.2 cm³/mol. The van der Waals surface area contributed by atoms with E-state index in [1.165, 1.54) is 32.2 Å². The van der Waals surface area contributed by atoms with Gasteiger partial charge < -0.3 is 4.74 Å². The summed E-state index contributed by atoms with van der Waals surface area (Å²) < 4.78 is 47.6. The van der Waals surface area contributed by atoms with Crippen molar-refractivity contribution >= 4 is 16.8 Å². The number of carbonyl (C=O) groups is 1. The van der Waals surface area contributed by atoms with Gasteiger partial charge >= 0.3 is 6.18 Å². The van der Waals surface area contributed by atoms with E-state index >= 15 is 0 Å². The van der Waals surface area contributed by atoms with Crippen LogP contribution in [-0.2, 0) is 6.18 Å². The van der Waals surface area contributed by atoms with Crippen LogP contribution < -0.4 is 4.74 Å². The molecule has 0 saturated heterocycles. The monoisotopic (exact) mass is 333 g/mol. The molecule has 1 aromatic heterocycles. The first-order valence-electron chi connectivity index (χ1n) is 7.20. The molecule has 0 saturated carbocycles. The van der Waals surface area contributed by atoms with Gasteiger partial charge in [0.25, 0.3) is 0 Å². The summed E-state index contributed by atoms with van der Waals surface area (Å²) >= 11 is 0. The van der Waals surface area contributed by atoms with Crippen molar-refractivity contribution in [3.8, 4) is 17.0 Å². The van der Waals surface area contributed by atoms with Crippen LogP contribution in [0.3, 0.4) is 0 Å². The molecular weight excluding hydrogens is 319 g/mol. The van der Waals surface area contributed by atoms with Crippen LogP contribution in [0.15, 0.2) is 48.5 Å². The minimum Gasteiger partial charge on any atom is -0.497 e. The standard InChI is InChI=1S/C18H14F3NO2/c1-11(23)22-15-9-8-13(24-2)10-14(15)16(18(19,20)21)17(22)12-6-4-3-5-7-12/h3-10H,1-2H3. The molecule has 3 rings (SSSR count). The van der Waals surface area contributed by atoms with Crippen LogP contribution in [0.1, 0.15) is 17.3 Å². The first-order chi connectivity index (χ1) is 11.3. The van der Waals surface area contributed by atoms with Crippen molar-refractivity contribution in [2.24, 2.45) is 0 Å². The zero-order valence-electron chi connectivity index (χ0n) is 13.0. The number of hydrogen-bond acceptors (Lipinski definition) is 2. The number of methoxy groups -OCH3 is 1. The summed E-state index contributed by atoms with van der Waals surface area (Å²) in [6.45, 7) is 1.25. The average molecular weight is 333 g/mol. The molecule has 0 aliphatic carbocycles. The second kappa shape index (κ2) is 5.70. The maximum Gasteiger partial charge on any atom is 0.419 e. The first-order valence-corrected chi connectivity index (χ1v) is 7.20. The van der Waals surface area contributed by atoms with E-state index < -0.39 is 17.6 Å². The highest BCUT2D eigenvalue weighted by molar-refractivity contribution is 6.01. The molecule has 3 nitrogen and oxygen atoms in total. The molecule has 2 aromatic carbocycles. The van der Waals surface area contributed by atoms with Gasteiger partial charge in [-0.1, -0.05) is 30.3 Å². The van der Waals surface area contributed by atoms with Crippen LogP contribution in [0.4, 0.5) is 13.2 Å². The fraction of sp³-hybridized carbons (Fsp3) is 0.167. The fourth-order valence-electron chi connectivity index (χ4n) is 2.88. The molecular formula is C18H14F3NO2. The summed E-state index contributed by atoms with van der Waals surface area (Å²) in [6, 6.07) is 12.4. The van der Waals surface area contributed by atoms with Gasteiger partial charge in [0.15, 0.2) is 0 Å². The highest BCUT2D eigenvalue weighted by Gasteiger charge is 2.39. The number of nitrogens with zero attached hydrogens (tertiary/aromatic N) is 1. The second-order valence-corrected chi connectivity index (χ2v) is 5.32. The van der Waals surface area contributed by atoms with Crippen LogP contribution in [0, 0.1) is 0 Å². The van der Waals surface area contributed by atoms with Crippen molar-refractivity contribution in [1.29, 1.82) is 0 Å². The Bertz CT molecular complexity index is 911. The Balaban J connectivity index is 2.52. The molecule has 0 N–H and O–H groups in total. The molecule has 0 aliphatic heterocycles. The summed E-state index contributed by atoms with van der Waals surface area (Å²) in [5.41, 5.74) is -0.457. The molecule has 3 aromatic rings. The second-order valence-electron chi connectivity index (χ2n) is 5.32. The van der Waals surface area contributed by atoms with Crippen LogP contribution in [0.2, 0.25) is 0 Å². The number of carbonyl (C=O) groups excluding carboxylic acids is 1. The van der Waals surface area contributed by atoms with E-state index in [1.54, 1.807) is 30.3 Å². The number of hydrogen-bond donors (Lipinski definition) is 0. The number of ether oxygens (including phenoxy) is 1. The summed E-state index contributed by atoms with van der Waals surface area (Å²) in [5, 5.41) is -0.0593. The average Bonchev–Trinajstić information content (AvgIpc) is 2.90. The van der Waals surface area contributed by atoms with E-state index in [4.69, 9.17) is 4.74 Å². The number of benzene rings is 2. The van der Waals surface area contributed by atoms with E-state index in [9.17, 15) is 18.0 Å². The fourth-order valence-corrected chi connectivity index (χ4v) is 2.88. The Labute approximate surface area is 136 Å². The minimum absolute atomic E-state index is 0.0593. The Kier molecular flexibility index (Phi) is 3.83. The van der Waals surface area contributed by atoms with E-state index in [-0.39, 0.29) is 16.6 Å². The van der Waals surface area contributed by atoms with Crippen molar-refractivity contribution < 1.29 is 22.7 Å². The Hall–Kier alpha value is -2.76. The SMILES string of the molecule is COc1ccc2c(c1)c(C(F)(F)F)c(-c1ccccc1)n2C(C)=O. The lowest BCUT2D eigenvalue weighted by atomic mass is 10.0. The van der Waals surface area contributed by atoms with Crippen LogP contribution in [0.5, 0.6) is 5.75 Å². The van der Waals surface area contributed by atoms with Crippen LogP contribution in [0.25, 0.3) is 22.2 Å². The lowest BCUT2D eigenvalue weighted by Gasteiger charge is -2.11. The van der Waals surface area contributed by atoms with Gasteiger partial charge in [-0.15, -0.1) is 0 Å². The maximum atomic E-state index is 13.8. The van der Waals surface area contributed by atoms with Crippen molar-refractivity contribution in [3.05, 3.63) is 54.1 Å². The van der Waals surface area contributed by atoms with Gasteiger partial charge in [0.1, 0.15) is 5.75 Å². The zero-order valence-corrected chi connectivity index (χ0v) is 13.0. The third-order valence-electron chi connectivity index (χ3n) is 3.82.